The molecule has 0 spiro atoms. The summed E-state index contributed by atoms with van der Waals surface area (Å²) < 4.78 is 38.8. The van der Waals surface area contributed by atoms with Crippen LogP contribution in [-0.4, -0.2) is 42.1 Å². The first-order chi connectivity index (χ1) is 12.7. The molecule has 3 rings (SSSR count). The standard InChI is InChI=1S/C19H20FN3O3S/c1-13(14-8-10-15(20)11-9-14)22(2)18(24)12-23-17-7-5-4-6-16(17)21-19(23)27(3,25)26/h4-11,13H,12H2,1-3H3. The largest absolute Gasteiger partial charge is 0.337 e. The van der Waals surface area contributed by atoms with Crippen molar-refractivity contribution < 1.29 is 17.6 Å². The number of rotatable bonds is 5. The highest BCUT2D eigenvalue weighted by Gasteiger charge is 2.24. The summed E-state index contributed by atoms with van der Waals surface area (Å²) in [6.45, 7) is 1.67. The number of hydrogen-bond acceptors (Lipinski definition) is 4. The minimum atomic E-state index is -3.60. The summed E-state index contributed by atoms with van der Waals surface area (Å²) in [5, 5.41) is -0.139. The lowest BCUT2D eigenvalue weighted by Gasteiger charge is -2.26. The number of likely N-dealkylation sites (N-methyl/N-ethyl adjacent to an activating group) is 1. The Morgan fingerprint density at radius 1 is 1.19 bits per heavy atom. The van der Waals surface area contributed by atoms with Crippen LogP contribution < -0.4 is 0 Å². The van der Waals surface area contributed by atoms with Gasteiger partial charge in [-0.15, -0.1) is 0 Å². The van der Waals surface area contributed by atoms with Crippen LogP contribution in [0.15, 0.2) is 53.7 Å². The maximum absolute atomic E-state index is 13.1. The molecule has 6 nitrogen and oxygen atoms in total. The Kier molecular flexibility index (Phi) is 5.01. The highest BCUT2D eigenvalue weighted by atomic mass is 32.2. The van der Waals surface area contributed by atoms with Crippen molar-refractivity contribution in [2.75, 3.05) is 13.3 Å². The number of nitrogens with zero attached hydrogens (tertiary/aromatic N) is 3. The van der Waals surface area contributed by atoms with Crippen LogP contribution in [-0.2, 0) is 21.2 Å². The Balaban J connectivity index is 1.92. The summed E-state index contributed by atoms with van der Waals surface area (Å²) >= 11 is 0. The Morgan fingerprint density at radius 3 is 2.44 bits per heavy atom. The molecule has 0 bridgehead atoms. The Bertz CT molecular complexity index is 1090. The molecule has 1 aromatic heterocycles. The van der Waals surface area contributed by atoms with Crippen molar-refractivity contribution in [3.8, 4) is 0 Å². The highest BCUT2D eigenvalue weighted by molar-refractivity contribution is 7.90. The zero-order valence-corrected chi connectivity index (χ0v) is 16.1. The molecule has 0 aliphatic heterocycles. The van der Waals surface area contributed by atoms with Crippen molar-refractivity contribution >= 4 is 26.8 Å². The van der Waals surface area contributed by atoms with Gasteiger partial charge in [0, 0.05) is 13.3 Å². The van der Waals surface area contributed by atoms with Crippen LogP contribution >= 0.6 is 0 Å². The van der Waals surface area contributed by atoms with Crippen molar-refractivity contribution in [2.45, 2.75) is 24.7 Å². The molecular weight excluding hydrogens is 369 g/mol. The second-order valence-electron chi connectivity index (χ2n) is 6.47. The molecule has 142 valence electrons. The van der Waals surface area contributed by atoms with Gasteiger partial charge in [-0.25, -0.2) is 17.8 Å². The van der Waals surface area contributed by atoms with E-state index >= 15 is 0 Å². The first kappa shape index (κ1) is 19.0. The van der Waals surface area contributed by atoms with Gasteiger partial charge in [0.1, 0.15) is 12.4 Å². The molecule has 0 aliphatic carbocycles. The van der Waals surface area contributed by atoms with Gasteiger partial charge in [0.05, 0.1) is 17.1 Å². The van der Waals surface area contributed by atoms with Crippen LogP contribution in [0.3, 0.4) is 0 Å². The Morgan fingerprint density at radius 2 is 1.81 bits per heavy atom. The number of aromatic nitrogens is 2. The number of halogens is 1. The van der Waals surface area contributed by atoms with Crippen LogP contribution in [0.1, 0.15) is 18.5 Å². The summed E-state index contributed by atoms with van der Waals surface area (Å²) in [5.41, 5.74) is 1.88. The lowest BCUT2D eigenvalue weighted by molar-refractivity contribution is -0.132. The second kappa shape index (κ2) is 7.11. The van der Waals surface area contributed by atoms with Gasteiger partial charge in [0.25, 0.3) is 0 Å². The lowest BCUT2D eigenvalue weighted by Crippen LogP contribution is -2.33. The van der Waals surface area contributed by atoms with Crippen LogP contribution in [0.5, 0.6) is 0 Å². The van der Waals surface area contributed by atoms with E-state index < -0.39 is 9.84 Å². The van der Waals surface area contributed by atoms with Gasteiger partial charge in [0.2, 0.25) is 20.9 Å². The van der Waals surface area contributed by atoms with E-state index in [1.54, 1.807) is 43.4 Å². The van der Waals surface area contributed by atoms with E-state index in [1.807, 2.05) is 6.92 Å². The quantitative estimate of drug-likeness (QED) is 0.673. The molecule has 1 atom stereocenters. The lowest BCUT2D eigenvalue weighted by atomic mass is 10.1. The first-order valence-electron chi connectivity index (χ1n) is 8.35. The molecule has 0 radical (unpaired) electrons. The predicted molar refractivity (Wildman–Crippen MR) is 100 cm³/mol. The number of carbonyl (C=O) groups excluding carboxylic acids is 1. The zero-order chi connectivity index (χ0) is 19.8. The molecule has 1 unspecified atom stereocenters. The van der Waals surface area contributed by atoms with Crippen LogP contribution in [0.4, 0.5) is 4.39 Å². The molecule has 1 heterocycles. The number of benzene rings is 2. The van der Waals surface area contributed by atoms with E-state index in [0.717, 1.165) is 11.8 Å². The Labute approximate surface area is 157 Å². The normalized spacial score (nSPS) is 12.9. The molecule has 27 heavy (non-hydrogen) atoms. The number of carbonyl (C=O) groups is 1. The van der Waals surface area contributed by atoms with Crippen LogP contribution in [0, 0.1) is 5.82 Å². The van der Waals surface area contributed by atoms with Crippen molar-refractivity contribution in [1.82, 2.24) is 14.5 Å². The fraction of sp³-hybridized carbons (Fsp3) is 0.263. The number of hydrogen-bond donors (Lipinski definition) is 0. The third kappa shape index (κ3) is 3.85. The SMILES string of the molecule is CC(c1ccc(F)cc1)N(C)C(=O)Cn1c(S(C)(=O)=O)nc2ccccc21. The Hall–Kier alpha value is -2.74. The molecule has 0 saturated heterocycles. The molecule has 8 heteroatoms. The number of imidazole rings is 1. The van der Waals surface area contributed by atoms with E-state index in [-0.39, 0.29) is 29.5 Å². The molecule has 0 saturated carbocycles. The molecule has 0 N–H and O–H groups in total. The zero-order valence-electron chi connectivity index (χ0n) is 15.3. The third-order valence-electron chi connectivity index (χ3n) is 4.57. The first-order valence-corrected chi connectivity index (χ1v) is 10.2. The van der Waals surface area contributed by atoms with Crippen molar-refractivity contribution in [1.29, 1.82) is 0 Å². The highest BCUT2D eigenvalue weighted by Crippen LogP contribution is 2.22. The smallest absolute Gasteiger partial charge is 0.242 e. The number of sulfone groups is 1. The second-order valence-corrected chi connectivity index (χ2v) is 8.38. The number of amides is 1. The van der Waals surface area contributed by atoms with Gasteiger partial charge in [-0.1, -0.05) is 24.3 Å². The van der Waals surface area contributed by atoms with Gasteiger partial charge in [-0.3, -0.25) is 4.79 Å². The van der Waals surface area contributed by atoms with Crippen molar-refractivity contribution in [3.05, 3.63) is 59.9 Å². The predicted octanol–water partition coefficient (Wildman–Crippen LogP) is 2.80. The van der Waals surface area contributed by atoms with E-state index in [2.05, 4.69) is 4.98 Å². The molecule has 3 aromatic rings. The summed E-state index contributed by atoms with van der Waals surface area (Å²) in [5.74, 6) is -0.623. The minimum absolute atomic E-state index is 0.139. The average Bonchev–Trinajstić information content (AvgIpc) is 3.00. The van der Waals surface area contributed by atoms with Crippen molar-refractivity contribution in [2.24, 2.45) is 0 Å². The van der Waals surface area contributed by atoms with Gasteiger partial charge >= 0.3 is 0 Å². The summed E-state index contributed by atoms with van der Waals surface area (Å²) in [6.07, 6.45) is 1.07. The van der Waals surface area contributed by atoms with E-state index in [4.69, 9.17) is 0 Å². The molecule has 0 fully saturated rings. The van der Waals surface area contributed by atoms with Gasteiger partial charge in [-0.05, 0) is 36.8 Å². The number of para-hydroxylation sites is 2. The van der Waals surface area contributed by atoms with E-state index in [1.165, 1.54) is 21.6 Å². The van der Waals surface area contributed by atoms with E-state index in [9.17, 15) is 17.6 Å². The minimum Gasteiger partial charge on any atom is -0.337 e. The van der Waals surface area contributed by atoms with Crippen LogP contribution in [0.25, 0.3) is 11.0 Å². The van der Waals surface area contributed by atoms with Gasteiger partial charge in [-0.2, -0.15) is 0 Å². The summed E-state index contributed by atoms with van der Waals surface area (Å²) in [6, 6.07) is 12.6. The monoisotopic (exact) mass is 389 g/mol. The topological polar surface area (TPSA) is 72.3 Å². The molecular formula is C19H20FN3O3S. The maximum Gasteiger partial charge on any atom is 0.242 e. The fourth-order valence-corrected chi connectivity index (χ4v) is 3.74. The van der Waals surface area contributed by atoms with Crippen LogP contribution in [0.2, 0.25) is 0 Å². The van der Waals surface area contributed by atoms with Gasteiger partial charge < -0.3 is 9.47 Å². The maximum atomic E-state index is 13.1. The molecule has 0 aliphatic rings. The average molecular weight is 389 g/mol. The molecule has 2 aromatic carbocycles. The summed E-state index contributed by atoms with van der Waals surface area (Å²) in [4.78, 5) is 18.5. The fourth-order valence-electron chi connectivity index (χ4n) is 2.92. The summed E-state index contributed by atoms with van der Waals surface area (Å²) in [7, 11) is -1.97. The molecule has 1 amide bonds. The third-order valence-corrected chi connectivity index (χ3v) is 5.55. The van der Waals surface area contributed by atoms with Crippen molar-refractivity contribution in [3.63, 3.8) is 0 Å². The van der Waals surface area contributed by atoms with E-state index in [0.29, 0.717) is 11.0 Å². The number of fused-ring (bicyclic) bond motifs is 1. The van der Waals surface area contributed by atoms with Gasteiger partial charge in [0.15, 0.2) is 0 Å².